The van der Waals surface area contributed by atoms with E-state index in [-0.39, 0.29) is 18.1 Å². The van der Waals surface area contributed by atoms with Crippen LogP contribution in [0, 0.1) is 11.3 Å². The highest BCUT2D eigenvalue weighted by Crippen LogP contribution is 2.24. The monoisotopic (exact) mass is 582 g/mol. The second-order valence-electron chi connectivity index (χ2n) is 10.2. The van der Waals surface area contributed by atoms with Crippen LogP contribution in [0.5, 0.6) is 11.8 Å². The van der Waals surface area contributed by atoms with Crippen LogP contribution in [0.1, 0.15) is 39.2 Å². The number of hydrogen-bond donors (Lipinski definition) is 3. The number of amides is 1. The Bertz CT molecular complexity index is 1530. The van der Waals surface area contributed by atoms with Crippen LogP contribution in [-0.2, 0) is 4.79 Å². The summed E-state index contributed by atoms with van der Waals surface area (Å²) in [5.74, 6) is 0.579. The van der Waals surface area contributed by atoms with Crippen molar-refractivity contribution in [2.75, 3.05) is 23.3 Å². The highest BCUT2D eigenvalue weighted by Gasteiger charge is 2.31. The van der Waals surface area contributed by atoms with Crippen LogP contribution in [0.3, 0.4) is 0 Å². The predicted octanol–water partition coefficient (Wildman–Crippen LogP) is 5.15. The van der Waals surface area contributed by atoms with E-state index in [9.17, 15) is 4.79 Å². The molecule has 222 valence electrons. The number of pyridine rings is 1. The molecule has 1 aromatic carbocycles. The Balaban J connectivity index is 1.52. The molecule has 1 fully saturated rings. The van der Waals surface area contributed by atoms with Crippen molar-refractivity contribution in [3.05, 3.63) is 101 Å². The third kappa shape index (κ3) is 8.63. The maximum Gasteiger partial charge on any atom is 0.321 e. The molecule has 1 amide bonds. The van der Waals surface area contributed by atoms with E-state index in [4.69, 9.17) is 15.7 Å². The van der Waals surface area contributed by atoms with Gasteiger partial charge < -0.3 is 26.0 Å². The van der Waals surface area contributed by atoms with E-state index in [1.165, 1.54) is 6.20 Å². The number of halogens is 1. The van der Waals surface area contributed by atoms with Crippen LogP contribution in [-0.4, -0.2) is 46.2 Å². The minimum atomic E-state index is -1.26. The van der Waals surface area contributed by atoms with Crippen molar-refractivity contribution in [3.8, 4) is 17.8 Å². The lowest BCUT2D eigenvalue weighted by atomic mass is 10.0. The van der Waals surface area contributed by atoms with Crippen LogP contribution in [0.2, 0.25) is 0 Å². The van der Waals surface area contributed by atoms with Gasteiger partial charge in [0.05, 0.1) is 23.7 Å². The minimum absolute atomic E-state index is 0.114. The second-order valence-corrected chi connectivity index (χ2v) is 10.2. The number of ether oxygens (including phenoxy) is 1. The van der Waals surface area contributed by atoms with Crippen molar-refractivity contribution in [2.45, 2.75) is 45.8 Å². The quantitative estimate of drug-likeness (QED) is 0.207. The topological polar surface area (TPSA) is 142 Å². The van der Waals surface area contributed by atoms with Gasteiger partial charge in [0.25, 0.3) is 5.91 Å². The largest absolute Gasteiger partial charge is 0.424 e. The van der Waals surface area contributed by atoms with E-state index < -0.39 is 18.1 Å². The summed E-state index contributed by atoms with van der Waals surface area (Å²) < 4.78 is 21.2. The number of primary amides is 1. The van der Waals surface area contributed by atoms with Gasteiger partial charge in [0.1, 0.15) is 23.8 Å². The van der Waals surface area contributed by atoms with Crippen molar-refractivity contribution in [1.82, 2.24) is 20.3 Å². The first-order chi connectivity index (χ1) is 20.7. The Kier molecular flexibility index (Phi) is 10.4. The van der Waals surface area contributed by atoms with Gasteiger partial charge in [-0.3, -0.25) is 4.79 Å². The average Bonchev–Trinajstić information content (AvgIpc) is 3.01. The van der Waals surface area contributed by atoms with E-state index in [1.807, 2.05) is 43.9 Å². The Labute approximate surface area is 250 Å². The molecule has 4 N–H and O–H groups in total. The predicted molar refractivity (Wildman–Crippen MR) is 164 cm³/mol. The molecule has 2 aromatic heterocycles. The molecule has 10 nitrogen and oxygen atoms in total. The molecule has 0 bridgehead atoms. The number of hydrogen-bond acceptors (Lipinski definition) is 9. The van der Waals surface area contributed by atoms with Crippen LogP contribution in [0.25, 0.3) is 0 Å². The third-order valence-corrected chi connectivity index (χ3v) is 6.90. The van der Waals surface area contributed by atoms with Crippen molar-refractivity contribution in [1.29, 1.82) is 5.26 Å². The van der Waals surface area contributed by atoms with Gasteiger partial charge in [-0.1, -0.05) is 12.5 Å². The number of rotatable bonds is 11. The zero-order valence-corrected chi connectivity index (χ0v) is 24.4. The Hall–Kier alpha value is -5.24. The first-order valence-corrected chi connectivity index (χ1v) is 14.0. The lowest BCUT2D eigenvalue weighted by Crippen LogP contribution is -2.51. The van der Waals surface area contributed by atoms with Crippen molar-refractivity contribution < 1.29 is 13.9 Å². The number of benzene rings is 1. The molecule has 4 rings (SSSR count). The summed E-state index contributed by atoms with van der Waals surface area (Å²) in [6.45, 7) is 6.42. The maximum atomic E-state index is 15.6. The normalized spacial score (nSPS) is 17.9. The number of allylic oxidation sites excluding steroid dienone is 3. The lowest BCUT2D eigenvalue weighted by molar-refractivity contribution is -0.114. The van der Waals surface area contributed by atoms with Gasteiger partial charge in [0, 0.05) is 42.2 Å². The molecule has 1 saturated heterocycles. The van der Waals surface area contributed by atoms with Gasteiger partial charge in [-0.25, -0.2) is 19.3 Å². The molecule has 1 aliphatic rings. The van der Waals surface area contributed by atoms with E-state index in [0.717, 1.165) is 17.7 Å². The van der Waals surface area contributed by atoms with Crippen LogP contribution >= 0.6 is 0 Å². The fraction of sp³-hybridized carbons (Fsp3) is 0.281. The summed E-state index contributed by atoms with van der Waals surface area (Å²) >= 11 is 0. The van der Waals surface area contributed by atoms with Crippen LogP contribution < -0.4 is 26.0 Å². The number of nitrogens with one attached hydrogen (secondary N) is 2. The van der Waals surface area contributed by atoms with E-state index in [1.54, 1.807) is 54.9 Å². The van der Waals surface area contributed by atoms with Gasteiger partial charge in [-0.2, -0.15) is 5.26 Å². The number of piperidine rings is 1. The smallest absolute Gasteiger partial charge is 0.321 e. The van der Waals surface area contributed by atoms with Crippen molar-refractivity contribution in [2.24, 2.45) is 5.73 Å². The Morgan fingerprint density at radius 2 is 1.91 bits per heavy atom. The van der Waals surface area contributed by atoms with Gasteiger partial charge in [-0.15, -0.1) is 0 Å². The number of nitriles is 1. The van der Waals surface area contributed by atoms with Crippen molar-refractivity contribution in [3.63, 3.8) is 0 Å². The SMILES string of the molecule is CC/C(C)=C/C(C(N)=O)=C(\C=C(/C)Nc1ccc(Oc2ncccn2)cc1)N[C@@H]1CCN(c2ccc(C#N)cn2)C[C@@H]1F. The van der Waals surface area contributed by atoms with Gasteiger partial charge in [0.15, 0.2) is 0 Å². The van der Waals surface area contributed by atoms with E-state index in [0.29, 0.717) is 41.5 Å². The van der Waals surface area contributed by atoms with E-state index in [2.05, 4.69) is 25.6 Å². The molecule has 3 aromatic rings. The standard InChI is InChI=1S/C32H35FN8O2/c1-4-21(2)16-26(31(35)42)29(40-28-12-15-41(20-27(28)33)30-11-6-23(18-34)19-38-30)17-22(3)39-24-7-9-25(10-8-24)43-32-36-13-5-14-37-32/h5-11,13-14,16-17,19,27-28,39-40H,4,12,15,20H2,1-3H3,(H2,35,42)/b21-16+,22-17+,29-26-/t27-,28+/m0/s1. The summed E-state index contributed by atoms with van der Waals surface area (Å²) in [6, 6.07) is 14.1. The average molecular weight is 583 g/mol. The summed E-state index contributed by atoms with van der Waals surface area (Å²) in [6.07, 6.45) is 8.13. The maximum absolute atomic E-state index is 15.6. The molecule has 3 heterocycles. The number of carbonyl (C=O) groups is 1. The fourth-order valence-electron chi connectivity index (χ4n) is 4.47. The minimum Gasteiger partial charge on any atom is -0.424 e. The summed E-state index contributed by atoms with van der Waals surface area (Å²) in [7, 11) is 0. The molecular weight excluding hydrogens is 547 g/mol. The number of nitrogens with zero attached hydrogens (tertiary/aromatic N) is 5. The number of anilines is 2. The van der Waals surface area contributed by atoms with Crippen LogP contribution in [0.4, 0.5) is 15.9 Å². The number of alkyl halides is 1. The Morgan fingerprint density at radius 3 is 2.51 bits per heavy atom. The molecule has 2 atom stereocenters. The summed E-state index contributed by atoms with van der Waals surface area (Å²) in [5.41, 5.74) is 9.43. The fourth-order valence-corrected chi connectivity index (χ4v) is 4.47. The second kappa shape index (κ2) is 14.6. The van der Waals surface area contributed by atoms with E-state index >= 15 is 4.39 Å². The number of aromatic nitrogens is 3. The zero-order chi connectivity index (χ0) is 30.8. The number of nitrogens with two attached hydrogens (primary N) is 1. The van der Waals surface area contributed by atoms with Gasteiger partial charge in [-0.05, 0) is 81.3 Å². The zero-order valence-electron chi connectivity index (χ0n) is 24.4. The molecule has 1 aliphatic heterocycles. The molecule has 0 saturated carbocycles. The highest BCUT2D eigenvalue weighted by molar-refractivity contribution is 5.96. The molecule has 0 aliphatic carbocycles. The first kappa shape index (κ1) is 30.7. The van der Waals surface area contributed by atoms with Crippen LogP contribution in [0.15, 0.2) is 95.7 Å². The molecule has 11 heteroatoms. The highest BCUT2D eigenvalue weighted by atomic mass is 19.1. The summed E-state index contributed by atoms with van der Waals surface area (Å²) in [5, 5.41) is 15.6. The molecular formula is C32H35FN8O2. The van der Waals surface area contributed by atoms with Gasteiger partial charge in [0.2, 0.25) is 0 Å². The first-order valence-electron chi connectivity index (χ1n) is 14.0. The molecule has 43 heavy (non-hydrogen) atoms. The number of carbonyl (C=O) groups excluding carboxylic acids is 1. The summed E-state index contributed by atoms with van der Waals surface area (Å²) in [4.78, 5) is 26.9. The lowest BCUT2D eigenvalue weighted by Gasteiger charge is -2.36. The van der Waals surface area contributed by atoms with Gasteiger partial charge >= 0.3 is 6.01 Å². The molecule has 0 radical (unpaired) electrons. The third-order valence-electron chi connectivity index (χ3n) is 6.90. The molecule has 0 unspecified atom stereocenters. The molecule has 0 spiro atoms. The Morgan fingerprint density at radius 1 is 1.16 bits per heavy atom. The van der Waals surface area contributed by atoms with Crippen molar-refractivity contribution >= 4 is 17.4 Å².